The van der Waals surface area contributed by atoms with Crippen molar-refractivity contribution < 1.29 is 19.4 Å². The van der Waals surface area contributed by atoms with Crippen molar-refractivity contribution >= 4 is 5.97 Å². The Labute approximate surface area is 186 Å². The molecule has 2 aliphatic heterocycles. The topological polar surface area (TPSA) is 62.3 Å². The molecule has 0 aromatic heterocycles. The van der Waals surface area contributed by atoms with Crippen LogP contribution in [0.3, 0.4) is 0 Å². The van der Waals surface area contributed by atoms with Crippen molar-refractivity contribution in [3.05, 3.63) is 35.9 Å². The predicted molar refractivity (Wildman–Crippen MR) is 118 cm³/mol. The highest BCUT2D eigenvalue weighted by Gasteiger charge is 2.65. The summed E-state index contributed by atoms with van der Waals surface area (Å²) in [5.74, 6) is 0.832. The molecule has 1 aromatic carbocycles. The lowest BCUT2D eigenvalue weighted by molar-refractivity contribution is -0.147. The van der Waals surface area contributed by atoms with Gasteiger partial charge in [0, 0.05) is 19.0 Å². The van der Waals surface area contributed by atoms with E-state index in [1.807, 2.05) is 30.3 Å². The average molecular weight is 428 g/mol. The third kappa shape index (κ3) is 3.83. The first-order chi connectivity index (χ1) is 14.8. The van der Waals surface area contributed by atoms with E-state index in [-0.39, 0.29) is 34.9 Å². The summed E-state index contributed by atoms with van der Waals surface area (Å²) >= 11 is 0. The summed E-state index contributed by atoms with van der Waals surface area (Å²) in [4.78, 5) is 15.1. The van der Waals surface area contributed by atoms with E-state index in [2.05, 4.69) is 25.8 Å². The zero-order valence-corrected chi connectivity index (χ0v) is 19.1. The third-order valence-corrected chi connectivity index (χ3v) is 8.87. The smallest absolute Gasteiger partial charge is 0.310 e. The second kappa shape index (κ2) is 7.86. The van der Waals surface area contributed by atoms with Crippen LogP contribution in [-0.4, -0.2) is 54.4 Å². The Morgan fingerprint density at radius 3 is 2.71 bits per heavy atom. The third-order valence-electron chi connectivity index (χ3n) is 8.87. The number of carbonyl (C=O) groups excluding carboxylic acids is 1. The van der Waals surface area contributed by atoms with Gasteiger partial charge in [0.25, 0.3) is 0 Å². The fraction of sp³-hybridized carbons (Fsp3) is 0.731. The molecule has 2 heterocycles. The van der Waals surface area contributed by atoms with Gasteiger partial charge in [-0.2, -0.15) is 0 Å². The molecule has 4 aliphatic rings. The van der Waals surface area contributed by atoms with Crippen molar-refractivity contribution in [1.29, 1.82) is 0 Å². The molecule has 31 heavy (non-hydrogen) atoms. The number of nitrogens with zero attached hydrogens (tertiary/aromatic N) is 1. The quantitative estimate of drug-likeness (QED) is 0.552. The van der Waals surface area contributed by atoms with Gasteiger partial charge in [0.05, 0.1) is 24.2 Å². The number of epoxide rings is 1. The fourth-order valence-electron chi connectivity index (χ4n) is 7.15. The molecule has 2 saturated heterocycles. The van der Waals surface area contributed by atoms with Crippen LogP contribution in [0.5, 0.6) is 0 Å². The minimum Gasteiger partial charge on any atom is -0.462 e. The molecular weight excluding hydrogens is 390 g/mol. The standard InChI is InChI=1S/C26H37NO4/c1-17(23(28)18-8-5-4-6-9-18)14-27(3)15-20-19-12-22-25(2,13-21(19)31-24(20)29)10-7-11-26(22)16-30-26/h4-6,8-9,17,19-23,28H,7,10-16H2,1-3H3/t17-,19-,20-,21+,22-,23-,25+,26+/m0/s1. The first-order valence-corrected chi connectivity index (χ1v) is 12.1. The summed E-state index contributed by atoms with van der Waals surface area (Å²) < 4.78 is 12.0. The van der Waals surface area contributed by atoms with Crippen LogP contribution >= 0.6 is 0 Å². The van der Waals surface area contributed by atoms with Crippen LogP contribution in [0.4, 0.5) is 0 Å². The Morgan fingerprint density at radius 1 is 1.26 bits per heavy atom. The van der Waals surface area contributed by atoms with E-state index in [4.69, 9.17) is 9.47 Å². The van der Waals surface area contributed by atoms with Crippen molar-refractivity contribution in [1.82, 2.24) is 4.90 Å². The molecule has 170 valence electrons. The van der Waals surface area contributed by atoms with Crippen molar-refractivity contribution in [2.45, 2.75) is 63.8 Å². The maximum Gasteiger partial charge on any atom is 0.310 e. The predicted octanol–water partition coefficient (Wildman–Crippen LogP) is 3.81. The number of hydrogen-bond acceptors (Lipinski definition) is 5. The molecule has 1 aromatic rings. The molecule has 5 nitrogen and oxygen atoms in total. The number of rotatable bonds is 6. The van der Waals surface area contributed by atoms with Crippen molar-refractivity contribution in [2.24, 2.45) is 29.1 Å². The molecule has 1 spiro atoms. The summed E-state index contributed by atoms with van der Waals surface area (Å²) in [5, 5.41) is 10.7. The molecule has 0 amide bonds. The van der Waals surface area contributed by atoms with E-state index in [0.717, 1.165) is 31.6 Å². The van der Waals surface area contributed by atoms with Crippen LogP contribution in [0.1, 0.15) is 57.6 Å². The Kier molecular flexibility index (Phi) is 5.43. The van der Waals surface area contributed by atoms with Gasteiger partial charge in [-0.1, -0.05) is 44.2 Å². The van der Waals surface area contributed by atoms with Crippen LogP contribution in [0.15, 0.2) is 30.3 Å². The lowest BCUT2D eigenvalue weighted by atomic mass is 9.53. The van der Waals surface area contributed by atoms with Crippen LogP contribution in [0.25, 0.3) is 0 Å². The largest absolute Gasteiger partial charge is 0.462 e. The number of fused-ring (bicyclic) bond motifs is 3. The molecular formula is C26H37NO4. The highest BCUT2D eigenvalue weighted by molar-refractivity contribution is 5.75. The molecule has 4 fully saturated rings. The van der Waals surface area contributed by atoms with Gasteiger partial charge < -0.3 is 19.5 Å². The monoisotopic (exact) mass is 427 g/mol. The number of benzene rings is 1. The Bertz CT molecular complexity index is 809. The van der Waals surface area contributed by atoms with E-state index in [0.29, 0.717) is 18.4 Å². The summed E-state index contributed by atoms with van der Waals surface area (Å²) in [6, 6.07) is 9.83. The molecule has 5 rings (SSSR count). The van der Waals surface area contributed by atoms with Crippen molar-refractivity contribution in [3.8, 4) is 0 Å². The SMILES string of the molecule is C[C@@H](CN(C)C[C@@H]1C(=O)O[C@@H]2C[C@@]3(C)CCC[C@@]4(CO4)[C@H]3C[C@@H]12)[C@H](O)c1ccccc1. The van der Waals surface area contributed by atoms with Crippen molar-refractivity contribution in [3.63, 3.8) is 0 Å². The average Bonchev–Trinajstić information content (AvgIpc) is 3.45. The number of ether oxygens (including phenoxy) is 2. The number of aliphatic hydroxyl groups is 1. The van der Waals surface area contributed by atoms with Gasteiger partial charge in [-0.15, -0.1) is 0 Å². The zero-order valence-electron chi connectivity index (χ0n) is 19.1. The minimum atomic E-state index is -0.503. The van der Waals surface area contributed by atoms with Gasteiger partial charge >= 0.3 is 5.97 Å². The summed E-state index contributed by atoms with van der Waals surface area (Å²) in [6.07, 6.45) is 5.23. The molecule has 0 unspecified atom stereocenters. The maximum atomic E-state index is 12.9. The lowest BCUT2D eigenvalue weighted by Gasteiger charge is -2.51. The second-order valence-corrected chi connectivity index (χ2v) is 11.2. The molecule has 0 bridgehead atoms. The van der Waals surface area contributed by atoms with Crippen molar-refractivity contribution in [2.75, 3.05) is 26.7 Å². The number of esters is 1. The van der Waals surface area contributed by atoms with E-state index in [1.165, 1.54) is 19.3 Å². The minimum absolute atomic E-state index is 0.0221. The fourth-order valence-corrected chi connectivity index (χ4v) is 7.15. The second-order valence-electron chi connectivity index (χ2n) is 11.2. The molecule has 0 radical (unpaired) electrons. The normalized spacial score (nSPS) is 40.9. The Balaban J connectivity index is 1.24. The van der Waals surface area contributed by atoms with Gasteiger partial charge in [-0.05, 0) is 62.0 Å². The van der Waals surface area contributed by atoms with Crippen LogP contribution in [-0.2, 0) is 14.3 Å². The Morgan fingerprint density at radius 2 is 2.00 bits per heavy atom. The summed E-state index contributed by atoms with van der Waals surface area (Å²) in [6.45, 7) is 6.82. The Hall–Kier alpha value is -1.43. The molecule has 5 heteroatoms. The molecule has 8 atom stereocenters. The number of aliphatic hydroxyl groups excluding tert-OH is 1. The number of hydrogen-bond donors (Lipinski definition) is 1. The first kappa shape index (κ1) is 21.4. The highest BCUT2D eigenvalue weighted by atomic mass is 16.6. The van der Waals surface area contributed by atoms with Gasteiger partial charge in [-0.25, -0.2) is 0 Å². The summed E-state index contributed by atoms with van der Waals surface area (Å²) in [7, 11) is 2.06. The van der Waals surface area contributed by atoms with E-state index in [9.17, 15) is 9.90 Å². The van der Waals surface area contributed by atoms with E-state index < -0.39 is 6.10 Å². The number of carbonyl (C=O) groups is 1. The summed E-state index contributed by atoms with van der Waals surface area (Å²) in [5.41, 5.74) is 1.28. The lowest BCUT2D eigenvalue weighted by Crippen LogP contribution is -2.51. The zero-order chi connectivity index (χ0) is 21.8. The van der Waals surface area contributed by atoms with Gasteiger partial charge in [0.2, 0.25) is 0 Å². The van der Waals surface area contributed by atoms with Crippen LogP contribution in [0.2, 0.25) is 0 Å². The van der Waals surface area contributed by atoms with Gasteiger partial charge in [0.15, 0.2) is 0 Å². The first-order valence-electron chi connectivity index (χ1n) is 12.1. The maximum absolute atomic E-state index is 12.9. The van der Waals surface area contributed by atoms with Crippen LogP contribution < -0.4 is 0 Å². The molecule has 1 N–H and O–H groups in total. The van der Waals surface area contributed by atoms with E-state index >= 15 is 0 Å². The van der Waals surface area contributed by atoms with Crippen LogP contribution in [0, 0.1) is 29.1 Å². The molecule has 2 saturated carbocycles. The van der Waals surface area contributed by atoms with E-state index in [1.54, 1.807) is 0 Å². The van der Waals surface area contributed by atoms with Gasteiger partial charge in [0.1, 0.15) is 6.10 Å². The van der Waals surface area contributed by atoms with Gasteiger partial charge in [-0.3, -0.25) is 4.79 Å². The molecule has 2 aliphatic carbocycles. The highest BCUT2D eigenvalue weighted by Crippen LogP contribution is 2.62.